The second-order valence-electron chi connectivity index (χ2n) is 13.8. The minimum atomic E-state index is -0.0229. The predicted octanol–water partition coefficient (Wildman–Crippen LogP) is 11.4. The summed E-state index contributed by atoms with van der Waals surface area (Å²) in [6, 6.07) is 19.8. The van der Waals surface area contributed by atoms with Gasteiger partial charge in [0.2, 0.25) is 0 Å². The van der Waals surface area contributed by atoms with E-state index in [0.29, 0.717) is 47.8 Å². The summed E-state index contributed by atoms with van der Waals surface area (Å²) in [4.78, 5) is 13.1. The number of fused-ring (bicyclic) bond motifs is 1. The summed E-state index contributed by atoms with van der Waals surface area (Å²) in [7, 11) is 0. The molecule has 0 spiro atoms. The summed E-state index contributed by atoms with van der Waals surface area (Å²) in [6.07, 6.45) is 10.9. The number of hydrogen-bond donors (Lipinski definition) is 0. The van der Waals surface area contributed by atoms with Crippen LogP contribution in [0.2, 0.25) is 5.02 Å². The molecular formula is C44H53ClN2O5. The van der Waals surface area contributed by atoms with Crippen molar-refractivity contribution in [3.8, 4) is 29.0 Å². The number of allylic oxidation sites excluding steroid dienone is 2. The van der Waals surface area contributed by atoms with E-state index in [1.807, 2.05) is 67.1 Å². The molecule has 8 heteroatoms. The third kappa shape index (κ3) is 9.59. The summed E-state index contributed by atoms with van der Waals surface area (Å²) >= 11 is 6.69. The molecule has 1 fully saturated rings. The highest BCUT2D eigenvalue weighted by Crippen LogP contribution is 2.37. The van der Waals surface area contributed by atoms with Crippen molar-refractivity contribution in [3.05, 3.63) is 88.1 Å². The van der Waals surface area contributed by atoms with Gasteiger partial charge in [-0.05, 0) is 111 Å². The Bertz CT molecular complexity index is 1900. The Balaban J connectivity index is 1.14. The number of carbonyl (C=O) groups is 1. The number of carbonyl (C=O) groups excluding carboxylic acids is 1. The molecule has 4 aromatic rings. The van der Waals surface area contributed by atoms with Crippen LogP contribution in [0.25, 0.3) is 22.2 Å². The summed E-state index contributed by atoms with van der Waals surface area (Å²) in [5.74, 6) is 2.63. The molecule has 7 nitrogen and oxygen atoms in total. The molecular weight excluding hydrogens is 672 g/mol. The molecule has 1 saturated carbocycles. The summed E-state index contributed by atoms with van der Waals surface area (Å²) < 4.78 is 25.9. The summed E-state index contributed by atoms with van der Waals surface area (Å²) in [6.45, 7) is 12.6. The van der Waals surface area contributed by atoms with Gasteiger partial charge in [-0.3, -0.25) is 4.79 Å². The van der Waals surface area contributed by atoms with E-state index in [1.54, 1.807) is 6.07 Å². The van der Waals surface area contributed by atoms with Crippen LogP contribution in [0.4, 0.5) is 0 Å². The van der Waals surface area contributed by atoms with Gasteiger partial charge in [-0.25, -0.2) is 0 Å². The summed E-state index contributed by atoms with van der Waals surface area (Å²) in [5.41, 5.74) is 6.48. The lowest BCUT2D eigenvalue weighted by atomic mass is 9.83. The maximum Gasteiger partial charge on any atom is 0.166 e. The maximum atomic E-state index is 13.1. The third-order valence-electron chi connectivity index (χ3n) is 10.3. The Morgan fingerprint density at radius 2 is 1.65 bits per heavy atom. The number of rotatable bonds is 20. The van der Waals surface area contributed by atoms with E-state index >= 15 is 0 Å². The van der Waals surface area contributed by atoms with E-state index in [1.165, 1.54) is 36.8 Å². The van der Waals surface area contributed by atoms with Gasteiger partial charge in [-0.1, -0.05) is 64.1 Å². The highest BCUT2D eigenvalue weighted by Gasteiger charge is 2.22. The third-order valence-corrected chi connectivity index (χ3v) is 10.6. The predicted molar refractivity (Wildman–Crippen MR) is 210 cm³/mol. The maximum absolute atomic E-state index is 13.1. The second kappa shape index (κ2) is 19.0. The highest BCUT2D eigenvalue weighted by atomic mass is 35.5. The van der Waals surface area contributed by atoms with Crippen LogP contribution >= 0.6 is 11.6 Å². The standard InChI is InChI=1S/C44H53ClN2O5/c1-6-9-11-32(8-3)29-52-37-15-17-42-34(25-37)18-19-47(42)36-24-35(28-46)44(41(45)26-36)51-23-21-49-20-22-50-38-14-16-39(43(48)30(4)7-2)40(27-38)31(5)33-12-10-13-33/h14-19,24-27,30,32H,6-13,20-23,29H2,1-5H3. The van der Waals surface area contributed by atoms with Gasteiger partial charge in [0.15, 0.2) is 11.5 Å². The number of nitriles is 1. The molecule has 276 valence electrons. The number of aromatic nitrogens is 1. The lowest BCUT2D eigenvalue weighted by Gasteiger charge is -2.23. The second-order valence-corrected chi connectivity index (χ2v) is 14.2. The van der Waals surface area contributed by atoms with Gasteiger partial charge in [-0.2, -0.15) is 5.26 Å². The van der Waals surface area contributed by atoms with Crippen molar-refractivity contribution in [1.29, 1.82) is 5.26 Å². The summed E-state index contributed by atoms with van der Waals surface area (Å²) in [5, 5.41) is 11.4. The minimum Gasteiger partial charge on any atom is -0.493 e. The van der Waals surface area contributed by atoms with Crippen LogP contribution in [0.1, 0.15) is 107 Å². The van der Waals surface area contributed by atoms with Crippen molar-refractivity contribution in [2.45, 2.75) is 86.0 Å². The van der Waals surface area contributed by atoms with Gasteiger partial charge in [-0.15, -0.1) is 0 Å². The molecule has 0 bridgehead atoms. The number of hydrogen-bond acceptors (Lipinski definition) is 6. The molecule has 1 heterocycles. The molecule has 0 N–H and O–H groups in total. The van der Waals surface area contributed by atoms with Crippen molar-refractivity contribution in [2.75, 3.05) is 33.0 Å². The van der Waals surface area contributed by atoms with E-state index in [0.717, 1.165) is 65.8 Å². The topological polar surface area (TPSA) is 82.7 Å². The van der Waals surface area contributed by atoms with Crippen LogP contribution in [0, 0.1) is 23.2 Å². The van der Waals surface area contributed by atoms with Gasteiger partial charge in [0.05, 0.1) is 35.9 Å². The first-order chi connectivity index (χ1) is 25.3. The zero-order chi connectivity index (χ0) is 37.0. The molecule has 0 radical (unpaired) electrons. The molecule has 2 unspecified atom stereocenters. The van der Waals surface area contributed by atoms with E-state index < -0.39 is 0 Å². The molecule has 5 rings (SSSR count). The van der Waals surface area contributed by atoms with Crippen LogP contribution in [0.15, 0.2) is 66.4 Å². The molecule has 1 aromatic heterocycles. The highest BCUT2D eigenvalue weighted by molar-refractivity contribution is 6.32. The average Bonchev–Trinajstić information content (AvgIpc) is 3.56. The van der Waals surface area contributed by atoms with Crippen molar-refractivity contribution in [2.24, 2.45) is 11.8 Å². The van der Waals surface area contributed by atoms with Crippen LogP contribution < -0.4 is 14.2 Å². The van der Waals surface area contributed by atoms with Crippen molar-refractivity contribution in [1.82, 2.24) is 4.57 Å². The van der Waals surface area contributed by atoms with Gasteiger partial charge in [0, 0.05) is 28.8 Å². The molecule has 0 amide bonds. The first-order valence-corrected chi connectivity index (χ1v) is 19.3. The monoisotopic (exact) mass is 724 g/mol. The first kappa shape index (κ1) is 39.0. The Hall–Kier alpha value is -4.25. The number of halogens is 1. The normalized spacial score (nSPS) is 13.7. The van der Waals surface area contributed by atoms with E-state index in [2.05, 4.69) is 32.9 Å². The molecule has 52 heavy (non-hydrogen) atoms. The largest absolute Gasteiger partial charge is 0.493 e. The minimum absolute atomic E-state index is 0.0229. The Kier molecular flexibility index (Phi) is 14.2. The SMILES string of the molecule is CCCCC(CC)COc1ccc2c(ccn2-c2cc(Cl)c(OCCOCCOc3ccc(C(=O)C(C)CC)c(C(C)=C4CCC4)c3)c(C#N)c2)c1. The Morgan fingerprint density at radius 3 is 2.35 bits per heavy atom. The van der Waals surface area contributed by atoms with E-state index in [-0.39, 0.29) is 18.3 Å². The van der Waals surface area contributed by atoms with Gasteiger partial charge in [0.25, 0.3) is 0 Å². The van der Waals surface area contributed by atoms with Gasteiger partial charge >= 0.3 is 0 Å². The van der Waals surface area contributed by atoms with Crippen molar-refractivity contribution < 1.29 is 23.7 Å². The number of ether oxygens (including phenoxy) is 4. The molecule has 0 saturated heterocycles. The number of ketones is 1. The smallest absolute Gasteiger partial charge is 0.166 e. The van der Waals surface area contributed by atoms with Crippen molar-refractivity contribution >= 4 is 33.9 Å². The van der Waals surface area contributed by atoms with Crippen LogP contribution in [0.3, 0.4) is 0 Å². The fraction of sp³-hybridized carbons (Fsp3) is 0.455. The number of nitrogens with zero attached hydrogens (tertiary/aromatic N) is 2. The number of Topliss-reactive ketones (excluding diaryl/α,β-unsaturated/α-hetero) is 1. The molecule has 1 aliphatic carbocycles. The fourth-order valence-corrected chi connectivity index (χ4v) is 6.80. The molecule has 0 aliphatic heterocycles. The number of benzene rings is 3. The van der Waals surface area contributed by atoms with E-state index in [4.69, 9.17) is 30.5 Å². The zero-order valence-corrected chi connectivity index (χ0v) is 32.2. The van der Waals surface area contributed by atoms with E-state index in [9.17, 15) is 10.1 Å². The first-order valence-electron chi connectivity index (χ1n) is 19.0. The quantitative estimate of drug-likeness (QED) is 0.0666. The Morgan fingerprint density at radius 1 is 0.904 bits per heavy atom. The molecule has 1 aliphatic rings. The average molecular weight is 725 g/mol. The van der Waals surface area contributed by atoms with Crippen LogP contribution in [0.5, 0.6) is 17.2 Å². The van der Waals surface area contributed by atoms with Gasteiger partial charge < -0.3 is 23.5 Å². The number of unbranched alkanes of at least 4 members (excludes halogenated alkanes) is 1. The fourth-order valence-electron chi connectivity index (χ4n) is 6.53. The van der Waals surface area contributed by atoms with Crippen molar-refractivity contribution in [3.63, 3.8) is 0 Å². The Labute approximate surface area is 314 Å². The van der Waals surface area contributed by atoms with Gasteiger partial charge in [0.1, 0.15) is 30.8 Å². The lowest BCUT2D eigenvalue weighted by Crippen LogP contribution is -2.14. The lowest BCUT2D eigenvalue weighted by molar-refractivity contribution is 0.0763. The zero-order valence-electron chi connectivity index (χ0n) is 31.4. The van der Waals surface area contributed by atoms with Crippen LogP contribution in [-0.4, -0.2) is 43.4 Å². The molecule has 2 atom stereocenters. The van der Waals surface area contributed by atoms with Crippen LogP contribution in [-0.2, 0) is 4.74 Å². The molecule has 3 aromatic carbocycles.